The van der Waals surface area contributed by atoms with Gasteiger partial charge in [-0.05, 0) is 19.4 Å². The van der Waals surface area contributed by atoms with Crippen molar-refractivity contribution in [2.75, 3.05) is 6.54 Å². The molecule has 1 N–H and O–H groups in total. The number of carbonyl (C=O) groups excluding carboxylic acids is 2. The van der Waals surface area contributed by atoms with Crippen molar-refractivity contribution >= 4 is 11.8 Å². The smallest absolute Gasteiger partial charge is 0.267 e. The van der Waals surface area contributed by atoms with Gasteiger partial charge in [-0.25, -0.2) is 0 Å². The van der Waals surface area contributed by atoms with Crippen LogP contribution in [0.5, 0.6) is 0 Å². The molecule has 0 bridgehead atoms. The summed E-state index contributed by atoms with van der Waals surface area (Å²) < 4.78 is 0. The minimum Gasteiger partial charge on any atom is -0.312 e. The standard InChI is InChI=1S/C10H13N2O2/c1-3-8(7(2)10(11)14)12-6-4-5-9(12)13/h3,11H,1,4-6H2,2H3. The first kappa shape index (κ1) is 10.5. The van der Waals surface area contributed by atoms with Crippen LogP contribution in [0.15, 0.2) is 23.9 Å². The lowest BCUT2D eigenvalue weighted by Gasteiger charge is -2.18. The van der Waals surface area contributed by atoms with Crippen molar-refractivity contribution < 1.29 is 9.59 Å². The summed E-state index contributed by atoms with van der Waals surface area (Å²) in [6, 6.07) is 0. The predicted octanol–water partition coefficient (Wildman–Crippen LogP) is 0.878. The van der Waals surface area contributed by atoms with Crippen molar-refractivity contribution in [1.29, 1.82) is 0 Å². The highest BCUT2D eigenvalue weighted by Gasteiger charge is 2.24. The van der Waals surface area contributed by atoms with Crippen molar-refractivity contribution in [3.05, 3.63) is 23.9 Å². The number of hydrogen-bond donors (Lipinski definition) is 0. The molecule has 4 nitrogen and oxygen atoms in total. The van der Waals surface area contributed by atoms with E-state index in [0.29, 0.717) is 18.7 Å². The zero-order chi connectivity index (χ0) is 10.7. The molecule has 1 heterocycles. The third kappa shape index (κ3) is 1.84. The molecule has 0 aromatic rings. The van der Waals surface area contributed by atoms with Gasteiger partial charge >= 0.3 is 0 Å². The number of rotatable bonds is 3. The first-order valence-electron chi connectivity index (χ1n) is 4.47. The maximum Gasteiger partial charge on any atom is 0.267 e. The maximum absolute atomic E-state index is 11.4. The van der Waals surface area contributed by atoms with E-state index in [1.165, 1.54) is 17.9 Å². The van der Waals surface area contributed by atoms with Gasteiger partial charge < -0.3 is 4.90 Å². The summed E-state index contributed by atoms with van der Waals surface area (Å²) in [7, 11) is 0. The van der Waals surface area contributed by atoms with Crippen LogP contribution < -0.4 is 5.73 Å². The predicted molar refractivity (Wildman–Crippen MR) is 51.9 cm³/mol. The van der Waals surface area contributed by atoms with E-state index in [1.807, 2.05) is 0 Å². The van der Waals surface area contributed by atoms with Crippen LogP contribution in [0.25, 0.3) is 0 Å². The van der Waals surface area contributed by atoms with Gasteiger partial charge in [-0.3, -0.25) is 15.3 Å². The molecule has 0 spiro atoms. The molecule has 1 rings (SSSR count). The van der Waals surface area contributed by atoms with Crippen LogP contribution in [-0.4, -0.2) is 23.3 Å². The number of nitrogens with zero attached hydrogens (tertiary/aromatic N) is 1. The van der Waals surface area contributed by atoms with E-state index in [9.17, 15) is 9.59 Å². The number of likely N-dealkylation sites (tertiary alicyclic amines) is 1. The lowest BCUT2D eigenvalue weighted by Crippen LogP contribution is -2.25. The van der Waals surface area contributed by atoms with Gasteiger partial charge in [0.25, 0.3) is 5.91 Å². The first-order chi connectivity index (χ1) is 6.57. The van der Waals surface area contributed by atoms with Gasteiger partial charge in [0.05, 0.1) is 5.70 Å². The van der Waals surface area contributed by atoms with E-state index in [1.54, 1.807) is 0 Å². The van der Waals surface area contributed by atoms with Crippen LogP contribution in [0.3, 0.4) is 0 Å². The molecule has 1 fully saturated rings. The number of nitrogens with one attached hydrogen (secondary N) is 1. The lowest BCUT2D eigenvalue weighted by atomic mass is 10.2. The number of hydrogen-bond acceptors (Lipinski definition) is 2. The van der Waals surface area contributed by atoms with Gasteiger partial charge in [0, 0.05) is 18.5 Å². The highest BCUT2D eigenvalue weighted by Crippen LogP contribution is 2.19. The Kier molecular flexibility index (Phi) is 3.06. The average molecular weight is 193 g/mol. The minimum atomic E-state index is -0.764. The highest BCUT2D eigenvalue weighted by molar-refractivity contribution is 5.93. The fourth-order valence-electron chi connectivity index (χ4n) is 1.48. The number of allylic oxidation sites excluding steroid dienone is 1. The fourth-order valence-corrected chi connectivity index (χ4v) is 1.48. The molecule has 2 amide bonds. The van der Waals surface area contributed by atoms with Gasteiger partial charge in [0.15, 0.2) is 0 Å². The summed E-state index contributed by atoms with van der Waals surface area (Å²) in [5.74, 6) is -0.764. The second-order valence-electron chi connectivity index (χ2n) is 3.19. The van der Waals surface area contributed by atoms with Gasteiger partial charge in [0.1, 0.15) is 0 Å². The largest absolute Gasteiger partial charge is 0.312 e. The molecule has 1 radical (unpaired) electrons. The molecule has 14 heavy (non-hydrogen) atoms. The summed E-state index contributed by atoms with van der Waals surface area (Å²) in [5.41, 5.74) is 7.72. The van der Waals surface area contributed by atoms with E-state index < -0.39 is 5.91 Å². The molecule has 1 aliphatic rings. The van der Waals surface area contributed by atoms with Crippen LogP contribution in [0.4, 0.5) is 0 Å². The zero-order valence-corrected chi connectivity index (χ0v) is 8.17. The van der Waals surface area contributed by atoms with E-state index in [-0.39, 0.29) is 11.5 Å². The Labute approximate surface area is 83.1 Å². The Morgan fingerprint density at radius 3 is 2.64 bits per heavy atom. The normalized spacial score (nSPS) is 18.1. The number of carbonyl (C=O) groups is 2. The van der Waals surface area contributed by atoms with Gasteiger partial charge in [-0.2, -0.15) is 0 Å². The lowest BCUT2D eigenvalue weighted by molar-refractivity contribution is -0.125. The van der Waals surface area contributed by atoms with Crippen molar-refractivity contribution in [1.82, 2.24) is 10.6 Å². The molecule has 0 unspecified atom stereocenters. The maximum atomic E-state index is 11.4. The molecular weight excluding hydrogens is 180 g/mol. The topological polar surface area (TPSA) is 61.2 Å². The Morgan fingerprint density at radius 2 is 2.29 bits per heavy atom. The summed E-state index contributed by atoms with van der Waals surface area (Å²) in [5, 5.41) is 0. The summed E-state index contributed by atoms with van der Waals surface area (Å²) in [6.45, 7) is 5.71. The summed E-state index contributed by atoms with van der Waals surface area (Å²) >= 11 is 0. The van der Waals surface area contributed by atoms with Crippen LogP contribution in [0, 0.1) is 0 Å². The van der Waals surface area contributed by atoms with E-state index >= 15 is 0 Å². The van der Waals surface area contributed by atoms with Crippen molar-refractivity contribution in [2.45, 2.75) is 19.8 Å². The Morgan fingerprint density at radius 1 is 1.64 bits per heavy atom. The van der Waals surface area contributed by atoms with Gasteiger partial charge in [-0.1, -0.05) is 6.58 Å². The quantitative estimate of drug-likeness (QED) is 0.493. The average Bonchev–Trinajstić information content (AvgIpc) is 2.53. The monoisotopic (exact) mass is 193 g/mol. The van der Waals surface area contributed by atoms with Crippen molar-refractivity contribution in [3.8, 4) is 0 Å². The molecule has 0 aromatic heterocycles. The van der Waals surface area contributed by atoms with E-state index in [4.69, 9.17) is 5.73 Å². The van der Waals surface area contributed by atoms with E-state index in [0.717, 1.165) is 6.42 Å². The number of amides is 2. The van der Waals surface area contributed by atoms with Crippen LogP contribution in [0.1, 0.15) is 19.8 Å². The molecular formula is C10H13N2O2. The van der Waals surface area contributed by atoms with Crippen LogP contribution >= 0.6 is 0 Å². The molecule has 0 aliphatic carbocycles. The van der Waals surface area contributed by atoms with Crippen molar-refractivity contribution in [2.24, 2.45) is 0 Å². The third-order valence-electron chi connectivity index (χ3n) is 2.28. The fraction of sp³-hybridized carbons (Fsp3) is 0.400. The SMILES string of the molecule is C=CC(=C(C)C([NH])=O)N1CCCC1=O. The molecule has 1 aliphatic heterocycles. The first-order valence-corrected chi connectivity index (χ1v) is 4.47. The molecule has 0 atom stereocenters. The van der Waals surface area contributed by atoms with Crippen LogP contribution in [0.2, 0.25) is 0 Å². The van der Waals surface area contributed by atoms with Crippen molar-refractivity contribution in [3.63, 3.8) is 0 Å². The molecule has 4 heteroatoms. The molecule has 75 valence electrons. The van der Waals surface area contributed by atoms with E-state index in [2.05, 4.69) is 6.58 Å². The Balaban J connectivity index is 3.02. The molecule has 0 saturated carbocycles. The van der Waals surface area contributed by atoms with Gasteiger partial charge in [0.2, 0.25) is 5.91 Å². The Hall–Kier alpha value is -1.58. The molecule has 0 aromatic carbocycles. The zero-order valence-electron chi connectivity index (χ0n) is 8.17. The second-order valence-corrected chi connectivity index (χ2v) is 3.19. The van der Waals surface area contributed by atoms with Gasteiger partial charge in [-0.15, -0.1) is 0 Å². The highest BCUT2D eigenvalue weighted by atomic mass is 16.2. The minimum absolute atomic E-state index is 0.000463. The molecule has 1 saturated heterocycles. The summed E-state index contributed by atoms with van der Waals surface area (Å²) in [4.78, 5) is 23.7. The Bertz CT molecular complexity index is 318. The van der Waals surface area contributed by atoms with Crippen LogP contribution in [-0.2, 0) is 9.59 Å². The third-order valence-corrected chi connectivity index (χ3v) is 2.28. The summed E-state index contributed by atoms with van der Waals surface area (Å²) in [6.07, 6.45) is 2.78. The second kappa shape index (κ2) is 4.09.